The van der Waals surface area contributed by atoms with E-state index in [1.54, 1.807) is 24.3 Å². The van der Waals surface area contributed by atoms with E-state index in [9.17, 15) is 0 Å². The molecule has 0 aliphatic rings. The van der Waals surface area contributed by atoms with E-state index in [-0.39, 0.29) is 11.9 Å². The first-order chi connectivity index (χ1) is 7.58. The fourth-order valence-electron chi connectivity index (χ4n) is 0.843. The molecule has 0 heterocycles. The summed E-state index contributed by atoms with van der Waals surface area (Å²) in [5.74, 6) is -0.400. The summed E-state index contributed by atoms with van der Waals surface area (Å²) >= 11 is 0. The molecule has 0 saturated heterocycles. The maximum absolute atomic E-state index is 6.86. The minimum absolute atomic E-state index is 0.0552. The zero-order valence-corrected chi connectivity index (χ0v) is 8.38. The zero-order valence-electron chi connectivity index (χ0n) is 8.38. The standard InChI is InChI=1S/C8H12N8/c9-7(10)15-13-5-1-2-6(4-3-5)14-16-8(11)12/h1-4,13H,(H3,11,12)(H4,9,10,15). The maximum atomic E-state index is 6.86. The number of hydrazone groups is 1. The van der Waals surface area contributed by atoms with Crippen molar-refractivity contribution in [2.45, 2.75) is 0 Å². The number of rotatable bonds is 3. The Labute approximate surface area is 91.7 Å². The van der Waals surface area contributed by atoms with Crippen LogP contribution in [0, 0.1) is 5.41 Å². The normalized spacial score (nSPS) is 10.0. The van der Waals surface area contributed by atoms with Gasteiger partial charge in [-0.15, -0.1) is 15.3 Å². The van der Waals surface area contributed by atoms with Crippen LogP contribution < -0.4 is 22.6 Å². The van der Waals surface area contributed by atoms with Crippen molar-refractivity contribution in [1.82, 2.24) is 0 Å². The van der Waals surface area contributed by atoms with Crippen LogP contribution in [0.15, 0.2) is 39.6 Å². The summed E-state index contributed by atoms with van der Waals surface area (Å²) in [7, 11) is 0. The number of azo groups is 1. The van der Waals surface area contributed by atoms with Crippen molar-refractivity contribution >= 4 is 23.3 Å². The Morgan fingerprint density at radius 2 is 1.75 bits per heavy atom. The number of nitrogens with one attached hydrogen (secondary N) is 2. The largest absolute Gasteiger partial charge is 0.369 e. The third kappa shape index (κ3) is 4.05. The third-order valence-electron chi connectivity index (χ3n) is 1.45. The van der Waals surface area contributed by atoms with Crippen LogP contribution in [0.2, 0.25) is 0 Å². The van der Waals surface area contributed by atoms with Gasteiger partial charge in [0.1, 0.15) is 0 Å². The average Bonchev–Trinajstić information content (AvgIpc) is 2.25. The van der Waals surface area contributed by atoms with Crippen LogP contribution in [0.5, 0.6) is 0 Å². The topological polar surface area (TPSA) is 151 Å². The molecule has 0 amide bonds. The smallest absolute Gasteiger partial charge is 0.232 e. The fraction of sp³-hybridized carbons (Fsp3) is 0. The lowest BCUT2D eigenvalue weighted by Gasteiger charge is -2.00. The highest BCUT2D eigenvalue weighted by molar-refractivity contribution is 5.76. The summed E-state index contributed by atoms with van der Waals surface area (Å²) in [6, 6.07) is 6.77. The molecule has 0 aliphatic carbocycles. The molecule has 84 valence electrons. The molecule has 0 atom stereocenters. The van der Waals surface area contributed by atoms with Crippen molar-refractivity contribution < 1.29 is 0 Å². The predicted molar refractivity (Wildman–Crippen MR) is 62.3 cm³/mol. The quantitative estimate of drug-likeness (QED) is 0.215. The summed E-state index contributed by atoms with van der Waals surface area (Å²) < 4.78 is 0. The van der Waals surface area contributed by atoms with Gasteiger partial charge in [0, 0.05) is 0 Å². The molecule has 1 aromatic rings. The van der Waals surface area contributed by atoms with Gasteiger partial charge in [-0.2, -0.15) is 0 Å². The van der Waals surface area contributed by atoms with Crippen molar-refractivity contribution in [3.63, 3.8) is 0 Å². The van der Waals surface area contributed by atoms with Gasteiger partial charge < -0.3 is 17.2 Å². The van der Waals surface area contributed by atoms with Crippen molar-refractivity contribution in [2.24, 2.45) is 32.5 Å². The summed E-state index contributed by atoms with van der Waals surface area (Å²) in [4.78, 5) is 0. The molecule has 0 unspecified atom stereocenters. The van der Waals surface area contributed by atoms with E-state index in [4.69, 9.17) is 22.6 Å². The minimum Gasteiger partial charge on any atom is -0.369 e. The Hall–Kier alpha value is -2.64. The number of nitrogens with zero attached hydrogens (tertiary/aromatic N) is 3. The molecule has 0 aliphatic heterocycles. The molecule has 0 bridgehead atoms. The van der Waals surface area contributed by atoms with Crippen molar-refractivity contribution in [1.29, 1.82) is 5.41 Å². The van der Waals surface area contributed by atoms with Gasteiger partial charge in [-0.1, -0.05) is 0 Å². The van der Waals surface area contributed by atoms with E-state index < -0.39 is 0 Å². The average molecular weight is 220 g/mol. The SMILES string of the molecule is N=C(N)N=Nc1ccc(NN=C(N)N)cc1. The highest BCUT2D eigenvalue weighted by atomic mass is 15.3. The Bertz CT molecular complexity index is 414. The fourth-order valence-corrected chi connectivity index (χ4v) is 0.843. The second-order valence-corrected chi connectivity index (χ2v) is 2.78. The number of anilines is 1. The second-order valence-electron chi connectivity index (χ2n) is 2.78. The monoisotopic (exact) mass is 220 g/mol. The predicted octanol–water partition coefficient (Wildman–Crippen LogP) is 0.264. The first kappa shape index (κ1) is 11.4. The summed E-state index contributed by atoms with van der Waals surface area (Å²) in [6.07, 6.45) is 0. The Kier molecular flexibility index (Phi) is 3.78. The molecule has 0 fully saturated rings. The number of guanidine groups is 2. The third-order valence-corrected chi connectivity index (χ3v) is 1.45. The second kappa shape index (κ2) is 5.29. The summed E-state index contributed by atoms with van der Waals surface area (Å²) in [5.41, 5.74) is 19.2. The van der Waals surface area contributed by atoms with Gasteiger partial charge in [0.25, 0.3) is 0 Å². The molecule has 8 nitrogen and oxygen atoms in total. The van der Waals surface area contributed by atoms with Crippen molar-refractivity contribution in [2.75, 3.05) is 5.43 Å². The van der Waals surface area contributed by atoms with Gasteiger partial charge in [0.05, 0.1) is 11.4 Å². The molecular formula is C8H12N8. The molecule has 0 spiro atoms. The van der Waals surface area contributed by atoms with Crippen LogP contribution in [0.1, 0.15) is 0 Å². The van der Waals surface area contributed by atoms with E-state index >= 15 is 0 Å². The van der Waals surface area contributed by atoms with Crippen molar-refractivity contribution in [3.8, 4) is 0 Å². The van der Waals surface area contributed by atoms with Gasteiger partial charge in [-0.3, -0.25) is 10.8 Å². The molecule has 1 rings (SSSR count). The lowest BCUT2D eigenvalue weighted by atomic mass is 10.3. The van der Waals surface area contributed by atoms with Gasteiger partial charge >= 0.3 is 0 Å². The van der Waals surface area contributed by atoms with E-state index in [0.717, 1.165) is 0 Å². The number of hydrogen-bond acceptors (Lipinski definition) is 4. The van der Waals surface area contributed by atoms with Crippen LogP contribution in [-0.4, -0.2) is 11.9 Å². The van der Waals surface area contributed by atoms with Crippen LogP contribution in [0.3, 0.4) is 0 Å². The zero-order chi connectivity index (χ0) is 12.0. The summed E-state index contributed by atoms with van der Waals surface area (Å²) in [5, 5.41) is 17.6. The maximum Gasteiger partial charge on any atom is 0.232 e. The molecule has 0 saturated carbocycles. The van der Waals surface area contributed by atoms with E-state index in [1.165, 1.54) is 0 Å². The van der Waals surface area contributed by atoms with Gasteiger partial charge in [-0.25, -0.2) is 0 Å². The van der Waals surface area contributed by atoms with Crippen LogP contribution in [0.4, 0.5) is 11.4 Å². The number of nitrogens with two attached hydrogens (primary N) is 3. The van der Waals surface area contributed by atoms with E-state index in [2.05, 4.69) is 20.8 Å². The Balaban J connectivity index is 2.68. The summed E-state index contributed by atoms with van der Waals surface area (Å²) in [6.45, 7) is 0. The Morgan fingerprint density at radius 1 is 1.12 bits per heavy atom. The Morgan fingerprint density at radius 3 is 2.25 bits per heavy atom. The first-order valence-corrected chi connectivity index (χ1v) is 4.28. The van der Waals surface area contributed by atoms with E-state index in [1.807, 2.05) is 0 Å². The number of hydrogen-bond donors (Lipinski definition) is 5. The first-order valence-electron chi connectivity index (χ1n) is 4.28. The van der Waals surface area contributed by atoms with Gasteiger partial charge in [0.2, 0.25) is 11.9 Å². The van der Waals surface area contributed by atoms with Gasteiger partial charge in [-0.05, 0) is 24.3 Å². The molecule has 0 aromatic heterocycles. The molecule has 16 heavy (non-hydrogen) atoms. The highest BCUT2D eigenvalue weighted by Gasteiger charge is 1.92. The van der Waals surface area contributed by atoms with Gasteiger partial charge in [0.15, 0.2) is 0 Å². The van der Waals surface area contributed by atoms with Crippen LogP contribution in [0.25, 0.3) is 0 Å². The van der Waals surface area contributed by atoms with E-state index in [0.29, 0.717) is 11.4 Å². The molecule has 8 N–H and O–H groups in total. The molecule has 8 heteroatoms. The number of benzene rings is 1. The minimum atomic E-state index is -0.345. The highest BCUT2D eigenvalue weighted by Crippen LogP contribution is 2.16. The molecule has 1 aromatic carbocycles. The van der Waals surface area contributed by atoms with Crippen LogP contribution in [-0.2, 0) is 0 Å². The molecule has 0 radical (unpaired) electrons. The van der Waals surface area contributed by atoms with Crippen LogP contribution >= 0.6 is 0 Å². The lowest BCUT2D eigenvalue weighted by Crippen LogP contribution is -2.23. The van der Waals surface area contributed by atoms with Crippen molar-refractivity contribution in [3.05, 3.63) is 24.3 Å². The lowest BCUT2D eigenvalue weighted by molar-refractivity contribution is 1.21. The molecular weight excluding hydrogens is 208 g/mol.